The van der Waals surface area contributed by atoms with Gasteiger partial charge < -0.3 is 31.9 Å². The quantitative estimate of drug-likeness (QED) is 0.338. The minimum atomic E-state index is -0.500. The lowest BCUT2D eigenvalue weighted by Crippen LogP contribution is -2.42. The molecule has 1 saturated heterocycles. The van der Waals surface area contributed by atoms with Gasteiger partial charge in [-0.1, -0.05) is 0 Å². The summed E-state index contributed by atoms with van der Waals surface area (Å²) in [6, 6.07) is 0.205. The maximum absolute atomic E-state index is 12.1. The van der Waals surface area contributed by atoms with Gasteiger partial charge in [-0.05, 0) is 60.5 Å². The summed E-state index contributed by atoms with van der Waals surface area (Å²) in [4.78, 5) is 14.1. The lowest BCUT2D eigenvalue weighted by molar-refractivity contribution is -0.142. The lowest BCUT2D eigenvalue weighted by atomic mass is 10.1. The van der Waals surface area contributed by atoms with Crippen molar-refractivity contribution in [2.75, 3.05) is 13.1 Å². The molecule has 1 heterocycles. The van der Waals surface area contributed by atoms with Gasteiger partial charge in [-0.15, -0.1) is 0 Å². The van der Waals surface area contributed by atoms with Crippen molar-refractivity contribution in [3.8, 4) is 0 Å². The molecule has 1 aliphatic heterocycles. The molecule has 1 aliphatic rings. The van der Waals surface area contributed by atoms with E-state index in [1.54, 1.807) is 47.6 Å². The van der Waals surface area contributed by atoms with Crippen molar-refractivity contribution in [3.63, 3.8) is 0 Å². The number of aliphatic hydroxyl groups is 1. The van der Waals surface area contributed by atoms with E-state index in [4.69, 9.17) is 27.0 Å². The minimum Gasteiger partial charge on any atom is -0.459 e. The molecular weight excluding hydrogens is 320 g/mol. The highest BCUT2D eigenvalue weighted by Gasteiger charge is 2.22. The van der Waals surface area contributed by atoms with Gasteiger partial charge in [-0.3, -0.25) is 0 Å². The maximum atomic E-state index is 12.1. The van der Waals surface area contributed by atoms with E-state index < -0.39 is 11.6 Å². The predicted molar refractivity (Wildman–Crippen MR) is 101 cm³/mol. The number of nitrogens with zero attached hydrogens (tertiary/aromatic N) is 1. The zero-order chi connectivity index (χ0) is 19.8. The van der Waals surface area contributed by atoms with Crippen LogP contribution in [0.25, 0.3) is 0 Å². The number of nitrogens with two attached hydrogens (primary N) is 3. The molecule has 1 rings (SSSR count). The van der Waals surface area contributed by atoms with Crippen molar-refractivity contribution in [3.05, 3.63) is 23.2 Å². The van der Waals surface area contributed by atoms with E-state index in [1.807, 2.05) is 4.90 Å². The standard InChI is InChI=1S/C14H26N4O2.C4H10O/c1-9(2)20-14(19)12(8-10(3)15)13(17)18-6-4-11(16)5-7-18;1-4(2,3)5/h8-9,11H,4-7,15-17H2,1-3H3;5H,1-3H3/b10-8-,13-12-;. The van der Waals surface area contributed by atoms with Crippen LogP contribution in [0.5, 0.6) is 0 Å². The zero-order valence-corrected chi connectivity index (χ0v) is 16.5. The van der Waals surface area contributed by atoms with Gasteiger partial charge in [0.15, 0.2) is 0 Å². The second-order valence-electron chi connectivity index (χ2n) is 7.64. The molecule has 0 aromatic heterocycles. The first kappa shape index (κ1) is 23.3. The highest BCUT2D eigenvalue weighted by molar-refractivity contribution is 5.92. The zero-order valence-electron chi connectivity index (χ0n) is 16.5. The van der Waals surface area contributed by atoms with Crippen LogP contribution in [-0.2, 0) is 9.53 Å². The van der Waals surface area contributed by atoms with Gasteiger partial charge in [0.1, 0.15) is 11.4 Å². The van der Waals surface area contributed by atoms with Crippen LogP contribution in [0.3, 0.4) is 0 Å². The van der Waals surface area contributed by atoms with Crippen LogP contribution in [0.2, 0.25) is 0 Å². The molecule has 0 aromatic carbocycles. The van der Waals surface area contributed by atoms with E-state index in [9.17, 15) is 4.79 Å². The Bertz CT molecular complexity index is 475. The number of hydrogen-bond donors (Lipinski definition) is 4. The monoisotopic (exact) mass is 356 g/mol. The molecule has 0 amide bonds. The number of ether oxygens (including phenoxy) is 1. The summed E-state index contributed by atoms with van der Waals surface area (Å²) in [7, 11) is 0. The van der Waals surface area contributed by atoms with Gasteiger partial charge in [0, 0.05) is 24.8 Å². The summed E-state index contributed by atoms with van der Waals surface area (Å²) >= 11 is 0. The Hall–Kier alpha value is -1.73. The molecule has 7 heteroatoms. The van der Waals surface area contributed by atoms with Crippen LogP contribution in [0.15, 0.2) is 23.2 Å². The summed E-state index contributed by atoms with van der Waals surface area (Å²) < 4.78 is 5.22. The first-order valence-corrected chi connectivity index (χ1v) is 8.68. The number of hydrogen-bond acceptors (Lipinski definition) is 7. The van der Waals surface area contributed by atoms with Crippen molar-refractivity contribution in [2.24, 2.45) is 17.2 Å². The molecule has 0 spiro atoms. The van der Waals surface area contributed by atoms with Crippen molar-refractivity contribution >= 4 is 5.97 Å². The molecule has 146 valence electrons. The van der Waals surface area contributed by atoms with Crippen molar-refractivity contribution in [2.45, 2.75) is 72.1 Å². The Labute approximate surface area is 151 Å². The first-order chi connectivity index (χ1) is 11.3. The average molecular weight is 357 g/mol. The van der Waals surface area contributed by atoms with Gasteiger partial charge in [0.05, 0.1) is 11.7 Å². The van der Waals surface area contributed by atoms with Crippen LogP contribution in [-0.4, -0.2) is 46.8 Å². The van der Waals surface area contributed by atoms with Crippen LogP contribution >= 0.6 is 0 Å². The summed E-state index contributed by atoms with van der Waals surface area (Å²) in [5.41, 5.74) is 18.0. The van der Waals surface area contributed by atoms with E-state index in [1.165, 1.54) is 0 Å². The molecule has 7 nitrogen and oxygen atoms in total. The van der Waals surface area contributed by atoms with Gasteiger partial charge in [0.2, 0.25) is 0 Å². The lowest BCUT2D eigenvalue weighted by Gasteiger charge is -2.32. The largest absolute Gasteiger partial charge is 0.459 e. The number of likely N-dealkylation sites (tertiary alicyclic amines) is 1. The second-order valence-corrected chi connectivity index (χ2v) is 7.64. The maximum Gasteiger partial charge on any atom is 0.342 e. The topological polar surface area (TPSA) is 128 Å². The second kappa shape index (κ2) is 10.3. The summed E-state index contributed by atoms with van der Waals surface area (Å²) in [5.74, 6) is -0.0375. The van der Waals surface area contributed by atoms with Gasteiger partial charge in [-0.2, -0.15) is 0 Å². The third-order valence-corrected chi connectivity index (χ3v) is 3.09. The Morgan fingerprint density at radius 2 is 1.68 bits per heavy atom. The third-order valence-electron chi connectivity index (χ3n) is 3.09. The minimum absolute atomic E-state index is 0.202. The van der Waals surface area contributed by atoms with Crippen molar-refractivity contribution in [1.29, 1.82) is 0 Å². The fourth-order valence-corrected chi connectivity index (χ4v) is 2.05. The van der Waals surface area contributed by atoms with Crippen molar-refractivity contribution < 1.29 is 14.6 Å². The molecule has 0 saturated carbocycles. The molecule has 0 unspecified atom stereocenters. The number of allylic oxidation sites excluding steroid dienone is 1. The van der Waals surface area contributed by atoms with E-state index in [-0.39, 0.29) is 12.1 Å². The van der Waals surface area contributed by atoms with Crippen LogP contribution in [0, 0.1) is 0 Å². The van der Waals surface area contributed by atoms with Crippen LogP contribution in [0.4, 0.5) is 0 Å². The number of carbonyl (C=O) groups excluding carboxylic acids is 1. The predicted octanol–water partition coefficient (Wildman–Crippen LogP) is 1.17. The van der Waals surface area contributed by atoms with E-state index in [0.717, 1.165) is 25.9 Å². The van der Waals surface area contributed by atoms with E-state index >= 15 is 0 Å². The fraction of sp³-hybridized carbons (Fsp3) is 0.722. The third kappa shape index (κ3) is 11.4. The number of carbonyl (C=O) groups is 1. The Morgan fingerprint density at radius 1 is 1.24 bits per heavy atom. The average Bonchev–Trinajstić information content (AvgIpc) is 2.42. The molecule has 0 atom stereocenters. The van der Waals surface area contributed by atoms with Gasteiger partial charge in [0.25, 0.3) is 0 Å². The smallest absolute Gasteiger partial charge is 0.342 e. The number of esters is 1. The fourth-order valence-electron chi connectivity index (χ4n) is 2.05. The Kier molecular flexibility index (Phi) is 9.59. The summed E-state index contributed by atoms with van der Waals surface area (Å²) in [6.45, 7) is 12.0. The molecule has 0 bridgehead atoms. The Morgan fingerprint density at radius 3 is 2.04 bits per heavy atom. The Balaban J connectivity index is 0.00000101. The van der Waals surface area contributed by atoms with E-state index in [2.05, 4.69) is 0 Å². The number of rotatable bonds is 4. The molecule has 1 fully saturated rings. The molecule has 0 radical (unpaired) electrons. The molecular formula is C18H36N4O3. The van der Waals surface area contributed by atoms with E-state index in [0.29, 0.717) is 17.1 Å². The number of piperidine rings is 1. The van der Waals surface area contributed by atoms with Gasteiger partial charge >= 0.3 is 5.97 Å². The molecule has 0 aromatic rings. The summed E-state index contributed by atoms with van der Waals surface area (Å²) in [6.07, 6.45) is 3.08. The van der Waals surface area contributed by atoms with Gasteiger partial charge in [-0.25, -0.2) is 4.79 Å². The van der Waals surface area contributed by atoms with Crippen LogP contribution in [0.1, 0.15) is 54.4 Å². The van der Waals surface area contributed by atoms with Crippen molar-refractivity contribution in [1.82, 2.24) is 4.90 Å². The molecule has 25 heavy (non-hydrogen) atoms. The first-order valence-electron chi connectivity index (χ1n) is 8.68. The SMILES string of the molecule is C/C(N)=C/C(C(=O)OC(C)C)=C(\N)N1CCC(N)CC1.CC(C)(C)O. The highest BCUT2D eigenvalue weighted by atomic mass is 16.5. The molecule has 7 N–H and O–H groups in total. The van der Waals surface area contributed by atoms with Crippen LogP contribution < -0.4 is 17.2 Å². The summed E-state index contributed by atoms with van der Waals surface area (Å²) in [5, 5.41) is 8.52. The normalized spacial score (nSPS) is 17.6. The molecule has 0 aliphatic carbocycles. The highest BCUT2D eigenvalue weighted by Crippen LogP contribution is 2.16.